The summed E-state index contributed by atoms with van der Waals surface area (Å²) in [7, 11) is 0. The average Bonchev–Trinajstić information content (AvgIpc) is 2.36. The van der Waals surface area contributed by atoms with Crippen molar-refractivity contribution in [2.75, 3.05) is 0 Å². The second-order valence-electron chi connectivity index (χ2n) is 4.39. The first-order chi connectivity index (χ1) is 9.02. The predicted molar refractivity (Wildman–Crippen MR) is 74.7 cm³/mol. The minimum absolute atomic E-state index is 0.323. The van der Waals surface area contributed by atoms with Crippen LogP contribution in [0.25, 0.3) is 0 Å². The first-order valence-electron chi connectivity index (χ1n) is 5.83. The van der Waals surface area contributed by atoms with Crippen molar-refractivity contribution in [2.24, 2.45) is 0 Å². The van der Waals surface area contributed by atoms with Crippen LogP contribution >= 0.6 is 11.6 Å². The molecule has 4 heteroatoms. The van der Waals surface area contributed by atoms with Gasteiger partial charge >= 0.3 is 0 Å². The number of aryl methyl sites for hydroxylation is 3. The van der Waals surface area contributed by atoms with Crippen molar-refractivity contribution >= 4 is 11.6 Å². The Kier molecular flexibility index (Phi) is 3.73. The maximum atomic E-state index is 9.14. The maximum absolute atomic E-state index is 9.14. The standard InChI is InChI=1S/C15H13ClN2O/c1-9-4-5-18-15(13(9)8-17)19-12-6-10(2)14(16)11(3)7-12/h4-7H,1-3H3. The summed E-state index contributed by atoms with van der Waals surface area (Å²) in [6.45, 7) is 5.68. The van der Waals surface area contributed by atoms with Crippen LogP contribution in [0.4, 0.5) is 0 Å². The zero-order valence-corrected chi connectivity index (χ0v) is 11.7. The Hall–Kier alpha value is -2.05. The molecule has 0 N–H and O–H groups in total. The summed E-state index contributed by atoms with van der Waals surface area (Å²) in [5.74, 6) is 0.956. The van der Waals surface area contributed by atoms with Crippen LogP contribution in [0.3, 0.4) is 0 Å². The minimum atomic E-state index is 0.323. The first-order valence-corrected chi connectivity index (χ1v) is 6.21. The Labute approximate surface area is 117 Å². The van der Waals surface area contributed by atoms with Crippen LogP contribution in [0.15, 0.2) is 24.4 Å². The van der Waals surface area contributed by atoms with Crippen LogP contribution < -0.4 is 4.74 Å². The first kappa shape index (κ1) is 13.4. The molecule has 0 bridgehead atoms. The van der Waals surface area contributed by atoms with E-state index in [-0.39, 0.29) is 0 Å². The Morgan fingerprint density at radius 1 is 1.16 bits per heavy atom. The summed E-state index contributed by atoms with van der Waals surface area (Å²) in [5.41, 5.74) is 3.16. The molecule has 1 heterocycles. The molecule has 0 aliphatic heterocycles. The summed E-state index contributed by atoms with van der Waals surface area (Å²) >= 11 is 6.11. The highest BCUT2D eigenvalue weighted by atomic mass is 35.5. The molecule has 0 amide bonds. The van der Waals surface area contributed by atoms with Crippen molar-refractivity contribution in [3.8, 4) is 17.7 Å². The van der Waals surface area contributed by atoms with Gasteiger partial charge in [-0.1, -0.05) is 11.6 Å². The monoisotopic (exact) mass is 272 g/mol. The highest BCUT2D eigenvalue weighted by Gasteiger charge is 2.10. The highest BCUT2D eigenvalue weighted by Crippen LogP contribution is 2.30. The van der Waals surface area contributed by atoms with E-state index in [9.17, 15) is 0 Å². The largest absolute Gasteiger partial charge is 0.438 e. The zero-order chi connectivity index (χ0) is 14.0. The SMILES string of the molecule is Cc1cc(Oc2nccc(C)c2C#N)cc(C)c1Cl. The molecule has 0 fully saturated rings. The molecule has 19 heavy (non-hydrogen) atoms. The topological polar surface area (TPSA) is 45.9 Å². The molecule has 0 aliphatic carbocycles. The summed E-state index contributed by atoms with van der Waals surface area (Å²) in [6, 6.07) is 7.56. The number of hydrogen-bond donors (Lipinski definition) is 0. The molecule has 0 spiro atoms. The van der Waals surface area contributed by atoms with Gasteiger partial charge in [0.1, 0.15) is 17.4 Å². The van der Waals surface area contributed by atoms with Gasteiger partial charge in [-0.2, -0.15) is 5.26 Å². The van der Waals surface area contributed by atoms with E-state index in [4.69, 9.17) is 21.6 Å². The highest BCUT2D eigenvalue weighted by molar-refractivity contribution is 6.32. The van der Waals surface area contributed by atoms with Gasteiger partial charge < -0.3 is 4.74 Å². The molecule has 1 aromatic carbocycles. The van der Waals surface area contributed by atoms with Gasteiger partial charge in [-0.15, -0.1) is 0 Å². The van der Waals surface area contributed by atoms with Gasteiger partial charge in [-0.3, -0.25) is 0 Å². The van der Waals surface area contributed by atoms with Crippen molar-refractivity contribution in [2.45, 2.75) is 20.8 Å². The smallest absolute Gasteiger partial charge is 0.237 e. The van der Waals surface area contributed by atoms with Crippen molar-refractivity contribution in [3.05, 3.63) is 51.7 Å². The average molecular weight is 273 g/mol. The lowest BCUT2D eigenvalue weighted by Gasteiger charge is -2.10. The van der Waals surface area contributed by atoms with E-state index in [1.807, 2.05) is 32.9 Å². The Morgan fingerprint density at radius 3 is 2.37 bits per heavy atom. The number of nitrogens with zero attached hydrogens (tertiary/aromatic N) is 2. The number of benzene rings is 1. The molecule has 0 saturated carbocycles. The van der Waals surface area contributed by atoms with Gasteiger partial charge in [0.25, 0.3) is 0 Å². The third-order valence-electron chi connectivity index (χ3n) is 2.86. The van der Waals surface area contributed by atoms with E-state index < -0.39 is 0 Å². The van der Waals surface area contributed by atoms with Gasteiger partial charge in [0.05, 0.1) is 0 Å². The number of rotatable bonds is 2. The van der Waals surface area contributed by atoms with Gasteiger partial charge in [-0.25, -0.2) is 4.98 Å². The lowest BCUT2D eigenvalue weighted by Crippen LogP contribution is -1.95. The lowest BCUT2D eigenvalue weighted by molar-refractivity contribution is 0.460. The van der Waals surface area contributed by atoms with Gasteiger partial charge in [0, 0.05) is 11.2 Å². The Bertz CT molecular complexity index is 651. The predicted octanol–water partition coefficient (Wildman–Crippen LogP) is 4.32. The number of aromatic nitrogens is 1. The molecule has 0 saturated heterocycles. The van der Waals surface area contributed by atoms with E-state index in [1.165, 1.54) is 0 Å². The third-order valence-corrected chi connectivity index (χ3v) is 3.46. The van der Waals surface area contributed by atoms with Crippen LogP contribution in [0.5, 0.6) is 11.6 Å². The van der Waals surface area contributed by atoms with Crippen molar-refractivity contribution < 1.29 is 4.74 Å². The molecule has 0 radical (unpaired) electrons. The van der Waals surface area contributed by atoms with Crippen LogP contribution in [0.1, 0.15) is 22.3 Å². The van der Waals surface area contributed by atoms with Crippen molar-refractivity contribution in [1.29, 1.82) is 5.26 Å². The fourth-order valence-corrected chi connectivity index (χ4v) is 1.93. The van der Waals surface area contributed by atoms with Crippen molar-refractivity contribution in [1.82, 2.24) is 4.98 Å². The molecule has 0 aliphatic rings. The zero-order valence-electron chi connectivity index (χ0n) is 11.0. The van der Waals surface area contributed by atoms with Gasteiger partial charge in [0.2, 0.25) is 5.88 Å². The molecule has 3 nitrogen and oxygen atoms in total. The number of pyridine rings is 1. The van der Waals surface area contributed by atoms with Crippen molar-refractivity contribution in [3.63, 3.8) is 0 Å². The minimum Gasteiger partial charge on any atom is -0.438 e. The Morgan fingerprint density at radius 2 is 1.79 bits per heavy atom. The summed E-state index contributed by atoms with van der Waals surface area (Å²) in [5, 5.41) is 9.87. The van der Waals surface area contributed by atoms with Crippen LogP contribution in [0.2, 0.25) is 5.02 Å². The fraction of sp³-hybridized carbons (Fsp3) is 0.200. The number of halogens is 1. The summed E-state index contributed by atoms with van der Waals surface area (Å²) in [6.07, 6.45) is 1.63. The van der Waals surface area contributed by atoms with E-state index in [1.54, 1.807) is 12.3 Å². The second-order valence-corrected chi connectivity index (χ2v) is 4.77. The molecular weight excluding hydrogens is 260 g/mol. The maximum Gasteiger partial charge on any atom is 0.237 e. The van der Waals surface area contributed by atoms with Crippen LogP contribution in [0, 0.1) is 32.1 Å². The van der Waals surface area contributed by atoms with E-state index in [0.717, 1.165) is 21.7 Å². The summed E-state index contributed by atoms with van der Waals surface area (Å²) in [4.78, 5) is 4.11. The molecule has 2 rings (SSSR count). The van der Waals surface area contributed by atoms with Gasteiger partial charge in [0.15, 0.2) is 0 Å². The molecular formula is C15H13ClN2O. The third kappa shape index (κ3) is 2.69. The van der Waals surface area contributed by atoms with Crippen LogP contribution in [-0.4, -0.2) is 4.98 Å². The Balaban J connectivity index is 2.43. The molecule has 2 aromatic rings. The quantitative estimate of drug-likeness (QED) is 0.818. The summed E-state index contributed by atoms with van der Waals surface area (Å²) < 4.78 is 5.71. The fourth-order valence-electron chi connectivity index (χ4n) is 1.82. The number of ether oxygens (including phenoxy) is 1. The van der Waals surface area contributed by atoms with E-state index >= 15 is 0 Å². The second kappa shape index (κ2) is 5.29. The lowest BCUT2D eigenvalue weighted by atomic mass is 10.1. The normalized spacial score (nSPS) is 10.1. The molecule has 0 unspecified atom stereocenters. The molecule has 0 atom stereocenters. The number of hydrogen-bond acceptors (Lipinski definition) is 3. The van der Waals surface area contributed by atoms with E-state index in [0.29, 0.717) is 17.2 Å². The molecule has 1 aromatic heterocycles. The van der Waals surface area contributed by atoms with E-state index in [2.05, 4.69) is 11.1 Å². The van der Waals surface area contributed by atoms with Crippen LogP contribution in [-0.2, 0) is 0 Å². The number of nitriles is 1. The molecule has 96 valence electrons. The van der Waals surface area contributed by atoms with Gasteiger partial charge in [-0.05, 0) is 55.7 Å².